The Morgan fingerprint density at radius 3 is 3.33 bits per heavy atom. The van der Waals surface area contributed by atoms with Gasteiger partial charge in [-0.1, -0.05) is 6.07 Å². The molecular formula is C8H7N3O. The molecule has 2 rings (SSSR count). The van der Waals surface area contributed by atoms with Gasteiger partial charge in [-0.15, -0.1) is 0 Å². The van der Waals surface area contributed by atoms with Crippen LogP contribution in [0.3, 0.4) is 0 Å². The van der Waals surface area contributed by atoms with Crippen molar-refractivity contribution >= 4 is 11.1 Å². The van der Waals surface area contributed by atoms with Gasteiger partial charge >= 0.3 is 0 Å². The number of aromatic nitrogens is 3. The summed E-state index contributed by atoms with van der Waals surface area (Å²) in [5.41, 5.74) is 1.39. The van der Waals surface area contributed by atoms with Gasteiger partial charge in [0.05, 0.1) is 6.20 Å². The number of aromatic amines is 1. The topological polar surface area (TPSA) is 54.7 Å². The maximum Gasteiger partial charge on any atom is 0.198 e. The molecule has 0 aliphatic carbocycles. The number of hydrogen-bond donors (Lipinski definition) is 1. The minimum atomic E-state index is 0.623. The van der Waals surface area contributed by atoms with Gasteiger partial charge in [0, 0.05) is 6.20 Å². The second-order valence-corrected chi connectivity index (χ2v) is 2.21. The van der Waals surface area contributed by atoms with Gasteiger partial charge < -0.3 is 4.52 Å². The number of H-pyrrole nitrogens is 1. The Kier molecular flexibility index (Phi) is 1.74. The first kappa shape index (κ1) is 6.84. The summed E-state index contributed by atoms with van der Waals surface area (Å²) >= 11 is 0. The van der Waals surface area contributed by atoms with Crippen molar-refractivity contribution in [3.63, 3.8) is 0 Å². The van der Waals surface area contributed by atoms with Gasteiger partial charge in [0.15, 0.2) is 5.58 Å². The summed E-state index contributed by atoms with van der Waals surface area (Å²) in [6.07, 6.45) is 4.78. The zero-order valence-corrected chi connectivity index (χ0v) is 6.27. The van der Waals surface area contributed by atoms with E-state index in [-0.39, 0.29) is 0 Å². The molecule has 2 aromatic heterocycles. The van der Waals surface area contributed by atoms with Gasteiger partial charge in [-0.25, -0.2) is 15.1 Å². The molecule has 1 N–H and O–H groups in total. The molecule has 0 unspecified atom stereocenters. The molecule has 4 heteroatoms. The van der Waals surface area contributed by atoms with Crippen LogP contribution < -0.4 is 0 Å². The summed E-state index contributed by atoms with van der Waals surface area (Å²) in [4.78, 5) is 7.86. The molecule has 2 heterocycles. The highest BCUT2D eigenvalue weighted by Gasteiger charge is 1.89. The number of hydrogen-bond acceptors (Lipinski definition) is 3. The summed E-state index contributed by atoms with van der Waals surface area (Å²) in [6, 6.07) is 5.56. The summed E-state index contributed by atoms with van der Waals surface area (Å²) in [5.74, 6) is 0. The number of rotatable bonds is 0. The van der Waals surface area contributed by atoms with Gasteiger partial charge in [0.25, 0.3) is 0 Å². The Balaban J connectivity index is 2.83. The predicted molar refractivity (Wildman–Crippen MR) is 43.8 cm³/mol. The molecule has 60 valence electrons. The van der Waals surface area contributed by atoms with Crippen LogP contribution in [-0.2, 0) is 0 Å². The fourth-order valence-corrected chi connectivity index (χ4v) is 0.869. The van der Waals surface area contributed by atoms with Crippen molar-refractivity contribution in [2.75, 3.05) is 0 Å². The van der Waals surface area contributed by atoms with E-state index in [9.17, 15) is 0 Å². The Bertz CT molecular complexity index is 376. The third kappa shape index (κ3) is 1.27. The molecule has 0 fully saturated rings. The van der Waals surface area contributed by atoms with E-state index in [1.165, 1.54) is 6.33 Å². The van der Waals surface area contributed by atoms with E-state index in [2.05, 4.69) is 15.1 Å². The first-order valence-electron chi connectivity index (χ1n) is 3.52. The maximum atomic E-state index is 5.12. The Morgan fingerprint density at radius 1 is 1.33 bits per heavy atom. The SMILES string of the molecule is c1ccc2ncncc2o[nH]c1. The van der Waals surface area contributed by atoms with Crippen LogP contribution in [0.2, 0.25) is 0 Å². The standard InChI is InChI=1S/C8H7N3O/c1-2-4-11-12-8-5-9-6-10-7(8)3-1/h1-6,11H. The summed E-state index contributed by atoms with van der Waals surface area (Å²) in [7, 11) is 0. The zero-order valence-electron chi connectivity index (χ0n) is 6.27. The molecule has 0 aliphatic heterocycles. The summed E-state index contributed by atoms with van der Waals surface area (Å²) in [6.45, 7) is 0. The smallest absolute Gasteiger partial charge is 0.198 e. The molecule has 0 atom stereocenters. The van der Waals surface area contributed by atoms with E-state index in [1.807, 2.05) is 18.2 Å². The first-order valence-corrected chi connectivity index (χ1v) is 3.52. The third-order valence-corrected chi connectivity index (χ3v) is 1.41. The van der Waals surface area contributed by atoms with Crippen LogP contribution in [0.5, 0.6) is 0 Å². The first-order chi connectivity index (χ1) is 5.97. The minimum absolute atomic E-state index is 0.623. The lowest BCUT2D eigenvalue weighted by Crippen LogP contribution is -1.78. The highest BCUT2D eigenvalue weighted by molar-refractivity contribution is 5.68. The maximum absolute atomic E-state index is 5.12. The average molecular weight is 161 g/mol. The molecule has 0 amide bonds. The molecule has 0 saturated carbocycles. The van der Waals surface area contributed by atoms with E-state index in [0.29, 0.717) is 5.58 Å². The summed E-state index contributed by atoms with van der Waals surface area (Å²) < 4.78 is 5.12. The number of nitrogens with one attached hydrogen (secondary N) is 1. The van der Waals surface area contributed by atoms with Crippen LogP contribution in [0.4, 0.5) is 0 Å². The number of fused-ring (bicyclic) bond motifs is 1. The summed E-state index contributed by atoms with van der Waals surface area (Å²) in [5, 5.41) is 2.63. The fourth-order valence-electron chi connectivity index (χ4n) is 0.869. The lowest BCUT2D eigenvalue weighted by atomic mass is 10.4. The fraction of sp³-hybridized carbons (Fsp3) is 0. The Hall–Kier alpha value is -1.84. The Labute approximate surface area is 68.5 Å². The van der Waals surface area contributed by atoms with Crippen LogP contribution in [0.1, 0.15) is 0 Å². The molecule has 0 bridgehead atoms. The molecule has 0 radical (unpaired) electrons. The molecule has 0 spiro atoms. The van der Waals surface area contributed by atoms with E-state index in [1.54, 1.807) is 12.4 Å². The molecule has 0 saturated heterocycles. The largest absolute Gasteiger partial charge is 0.379 e. The molecular weight excluding hydrogens is 154 g/mol. The monoisotopic (exact) mass is 161 g/mol. The van der Waals surface area contributed by atoms with Crippen LogP contribution >= 0.6 is 0 Å². The van der Waals surface area contributed by atoms with Crippen LogP contribution in [0.25, 0.3) is 11.1 Å². The van der Waals surface area contributed by atoms with Crippen LogP contribution in [-0.4, -0.2) is 15.1 Å². The highest BCUT2D eigenvalue weighted by Crippen LogP contribution is 2.03. The van der Waals surface area contributed by atoms with Gasteiger partial charge in [0.1, 0.15) is 11.8 Å². The van der Waals surface area contributed by atoms with Crippen molar-refractivity contribution in [1.29, 1.82) is 0 Å². The molecule has 2 aromatic rings. The zero-order chi connectivity index (χ0) is 8.23. The van der Waals surface area contributed by atoms with Gasteiger partial charge in [-0.2, -0.15) is 0 Å². The van der Waals surface area contributed by atoms with Crippen LogP contribution in [0.15, 0.2) is 41.4 Å². The van der Waals surface area contributed by atoms with Gasteiger partial charge in [-0.05, 0) is 12.1 Å². The molecule has 4 nitrogen and oxygen atoms in total. The number of nitrogens with zero attached hydrogens (tertiary/aromatic N) is 2. The van der Waals surface area contributed by atoms with Crippen molar-refractivity contribution in [1.82, 2.24) is 15.1 Å². The third-order valence-electron chi connectivity index (χ3n) is 1.41. The van der Waals surface area contributed by atoms with Crippen molar-refractivity contribution < 1.29 is 4.52 Å². The quantitative estimate of drug-likeness (QED) is 0.639. The minimum Gasteiger partial charge on any atom is -0.379 e. The van der Waals surface area contributed by atoms with Gasteiger partial charge in [0.2, 0.25) is 0 Å². The second kappa shape index (κ2) is 3.04. The van der Waals surface area contributed by atoms with Crippen LogP contribution in [0, 0.1) is 0 Å². The lowest BCUT2D eigenvalue weighted by molar-refractivity contribution is 0.443. The van der Waals surface area contributed by atoms with E-state index in [4.69, 9.17) is 4.52 Å². The molecule has 0 aliphatic rings. The van der Waals surface area contributed by atoms with Crippen molar-refractivity contribution in [2.24, 2.45) is 0 Å². The van der Waals surface area contributed by atoms with E-state index < -0.39 is 0 Å². The highest BCUT2D eigenvalue weighted by atomic mass is 16.5. The van der Waals surface area contributed by atoms with Crippen molar-refractivity contribution in [3.05, 3.63) is 36.9 Å². The lowest BCUT2D eigenvalue weighted by Gasteiger charge is -1.89. The van der Waals surface area contributed by atoms with E-state index in [0.717, 1.165) is 5.52 Å². The average Bonchev–Trinajstić information content (AvgIpc) is 2.06. The molecule has 12 heavy (non-hydrogen) atoms. The van der Waals surface area contributed by atoms with Crippen molar-refractivity contribution in [2.45, 2.75) is 0 Å². The normalized spacial score (nSPS) is 9.67. The van der Waals surface area contributed by atoms with E-state index >= 15 is 0 Å². The van der Waals surface area contributed by atoms with Gasteiger partial charge in [-0.3, -0.25) is 0 Å². The second-order valence-electron chi connectivity index (χ2n) is 2.21. The Morgan fingerprint density at radius 2 is 2.33 bits per heavy atom. The molecule has 0 aromatic carbocycles. The predicted octanol–water partition coefficient (Wildman–Crippen LogP) is 1.68. The van der Waals surface area contributed by atoms with Crippen molar-refractivity contribution in [3.8, 4) is 0 Å².